The lowest BCUT2D eigenvalue weighted by Crippen LogP contribution is -2.53. The number of amides is 2. The summed E-state index contributed by atoms with van der Waals surface area (Å²) in [5.74, 6) is -0.175. The van der Waals surface area contributed by atoms with E-state index in [0.717, 1.165) is 49.5 Å². The van der Waals surface area contributed by atoms with E-state index in [1.165, 1.54) is 0 Å². The van der Waals surface area contributed by atoms with E-state index in [9.17, 15) is 14.4 Å². The van der Waals surface area contributed by atoms with Gasteiger partial charge in [0, 0.05) is 19.5 Å². The van der Waals surface area contributed by atoms with Gasteiger partial charge < -0.3 is 14.4 Å². The van der Waals surface area contributed by atoms with Gasteiger partial charge in [-0.2, -0.15) is 0 Å². The molecule has 2 aromatic carbocycles. The number of hydrogen-bond donors (Lipinski definition) is 0. The summed E-state index contributed by atoms with van der Waals surface area (Å²) in [6.45, 7) is 3.27. The fourth-order valence-electron chi connectivity index (χ4n) is 4.45. The second kappa shape index (κ2) is 13.5. The number of rotatable bonds is 12. The molecular weight excluding hydrogens is 428 g/mol. The Labute approximate surface area is 202 Å². The summed E-state index contributed by atoms with van der Waals surface area (Å²) in [7, 11) is 0. The second-order valence-corrected chi connectivity index (χ2v) is 8.88. The van der Waals surface area contributed by atoms with Crippen LogP contribution >= 0.6 is 0 Å². The van der Waals surface area contributed by atoms with E-state index >= 15 is 0 Å². The van der Waals surface area contributed by atoms with Crippen LogP contribution in [0.25, 0.3) is 0 Å². The van der Waals surface area contributed by atoms with E-state index in [1.54, 1.807) is 9.80 Å². The molecule has 1 aliphatic heterocycles. The Morgan fingerprint density at radius 3 is 2.35 bits per heavy atom. The highest BCUT2D eigenvalue weighted by molar-refractivity contribution is 5.88. The van der Waals surface area contributed by atoms with Gasteiger partial charge in [0.2, 0.25) is 5.91 Å². The Balaban J connectivity index is 1.84. The molecule has 0 aliphatic carbocycles. The lowest BCUT2D eigenvalue weighted by Gasteiger charge is -2.34. The van der Waals surface area contributed by atoms with Crippen molar-refractivity contribution in [2.24, 2.45) is 0 Å². The summed E-state index contributed by atoms with van der Waals surface area (Å²) < 4.78 is 5.68. The maximum atomic E-state index is 13.7. The van der Waals surface area contributed by atoms with Crippen molar-refractivity contribution < 1.29 is 19.1 Å². The molecule has 0 aromatic heterocycles. The predicted molar refractivity (Wildman–Crippen MR) is 132 cm³/mol. The molecular formula is C28H36N2O4. The molecule has 0 unspecified atom stereocenters. The first kappa shape index (κ1) is 25.5. The van der Waals surface area contributed by atoms with E-state index in [1.807, 2.05) is 60.7 Å². The maximum Gasteiger partial charge on any atom is 0.410 e. The second-order valence-electron chi connectivity index (χ2n) is 8.88. The summed E-state index contributed by atoms with van der Waals surface area (Å²) in [5, 5.41) is 0. The van der Waals surface area contributed by atoms with Crippen LogP contribution in [0.1, 0.15) is 56.6 Å². The highest BCUT2D eigenvalue weighted by atomic mass is 16.6. The molecule has 1 fully saturated rings. The third kappa shape index (κ3) is 7.17. The minimum Gasteiger partial charge on any atom is -0.445 e. The standard InChI is InChI=1S/C28H36N2O4/c1-2-3-4-11-18-30(28(33)34-22-24-15-9-6-10-16-24)26(20-23-13-7-5-8-14-23)27(32)29-19-12-17-25(29)21-31/h5-10,13-16,21,25-26H,2-4,11-12,17-20,22H2,1H3/t25-,26+/m0/s1. The van der Waals surface area contributed by atoms with Crippen molar-refractivity contribution in [3.63, 3.8) is 0 Å². The Kier molecular flexibility index (Phi) is 10.1. The fourth-order valence-corrected chi connectivity index (χ4v) is 4.45. The number of carbonyl (C=O) groups excluding carboxylic acids is 3. The average molecular weight is 465 g/mol. The van der Waals surface area contributed by atoms with Crippen molar-refractivity contribution >= 4 is 18.3 Å². The largest absolute Gasteiger partial charge is 0.445 e. The van der Waals surface area contributed by atoms with Crippen LogP contribution < -0.4 is 0 Å². The molecule has 1 saturated heterocycles. The van der Waals surface area contributed by atoms with E-state index in [2.05, 4.69) is 6.92 Å². The molecule has 34 heavy (non-hydrogen) atoms. The van der Waals surface area contributed by atoms with Crippen LogP contribution in [-0.2, 0) is 27.4 Å². The number of nitrogens with zero attached hydrogens (tertiary/aromatic N) is 2. The minimum absolute atomic E-state index is 0.151. The minimum atomic E-state index is -0.715. The first-order chi connectivity index (χ1) is 16.6. The molecule has 0 bridgehead atoms. The van der Waals surface area contributed by atoms with Crippen molar-refractivity contribution in [2.45, 2.75) is 70.6 Å². The third-order valence-electron chi connectivity index (χ3n) is 6.36. The van der Waals surface area contributed by atoms with Crippen LogP contribution in [0.2, 0.25) is 0 Å². The molecule has 182 valence electrons. The smallest absolute Gasteiger partial charge is 0.410 e. The van der Waals surface area contributed by atoms with Gasteiger partial charge in [-0.15, -0.1) is 0 Å². The predicted octanol–water partition coefficient (Wildman–Crippen LogP) is 5.01. The first-order valence-corrected chi connectivity index (χ1v) is 12.4. The normalized spacial score (nSPS) is 16.1. The van der Waals surface area contributed by atoms with Gasteiger partial charge in [-0.1, -0.05) is 86.8 Å². The summed E-state index contributed by atoms with van der Waals surface area (Å²) in [4.78, 5) is 41.9. The van der Waals surface area contributed by atoms with Crippen LogP contribution in [0, 0.1) is 0 Å². The van der Waals surface area contributed by atoms with Gasteiger partial charge in [0.15, 0.2) is 0 Å². The van der Waals surface area contributed by atoms with Crippen LogP contribution in [0.15, 0.2) is 60.7 Å². The molecule has 3 rings (SSSR count). The molecule has 0 N–H and O–H groups in total. The van der Waals surface area contributed by atoms with Crippen LogP contribution in [0.3, 0.4) is 0 Å². The van der Waals surface area contributed by atoms with Crippen molar-refractivity contribution in [3.05, 3.63) is 71.8 Å². The summed E-state index contributed by atoms with van der Waals surface area (Å²) >= 11 is 0. The van der Waals surface area contributed by atoms with Crippen LogP contribution in [0.4, 0.5) is 4.79 Å². The van der Waals surface area contributed by atoms with Gasteiger partial charge in [0.25, 0.3) is 0 Å². The summed E-state index contributed by atoms with van der Waals surface area (Å²) in [5.41, 5.74) is 1.87. The van der Waals surface area contributed by atoms with Crippen molar-refractivity contribution in [1.82, 2.24) is 9.80 Å². The molecule has 0 spiro atoms. The SMILES string of the molecule is CCCCCCN(C(=O)OCc1ccccc1)[C@H](Cc1ccccc1)C(=O)N1CCC[C@H]1C=O. The number of aldehydes is 1. The van der Waals surface area contributed by atoms with Gasteiger partial charge in [-0.05, 0) is 30.4 Å². The topological polar surface area (TPSA) is 66.9 Å². The molecule has 0 radical (unpaired) electrons. The van der Waals surface area contributed by atoms with Gasteiger partial charge >= 0.3 is 6.09 Å². The monoisotopic (exact) mass is 464 g/mol. The molecule has 2 aromatic rings. The van der Waals surface area contributed by atoms with Gasteiger partial charge in [-0.25, -0.2) is 4.79 Å². The number of carbonyl (C=O) groups is 3. The van der Waals surface area contributed by atoms with Crippen molar-refractivity contribution in [3.8, 4) is 0 Å². The highest BCUT2D eigenvalue weighted by Crippen LogP contribution is 2.22. The number of likely N-dealkylation sites (tertiary alicyclic amines) is 1. The highest BCUT2D eigenvalue weighted by Gasteiger charge is 2.38. The molecule has 2 amide bonds. The van der Waals surface area contributed by atoms with Crippen molar-refractivity contribution in [2.75, 3.05) is 13.1 Å². The zero-order valence-corrected chi connectivity index (χ0v) is 20.1. The number of ether oxygens (including phenoxy) is 1. The Hall–Kier alpha value is -3.15. The van der Waals surface area contributed by atoms with E-state index in [4.69, 9.17) is 4.74 Å². The van der Waals surface area contributed by atoms with E-state index in [-0.39, 0.29) is 12.5 Å². The van der Waals surface area contributed by atoms with E-state index in [0.29, 0.717) is 25.9 Å². The Bertz CT molecular complexity index is 903. The molecule has 1 heterocycles. The lowest BCUT2D eigenvalue weighted by atomic mass is 10.0. The number of unbranched alkanes of at least 4 members (excludes halogenated alkanes) is 3. The third-order valence-corrected chi connectivity index (χ3v) is 6.36. The zero-order chi connectivity index (χ0) is 24.2. The summed E-state index contributed by atoms with van der Waals surface area (Å²) in [6, 6.07) is 18.1. The fraction of sp³-hybridized carbons (Fsp3) is 0.464. The molecule has 2 atom stereocenters. The van der Waals surface area contributed by atoms with Crippen LogP contribution in [-0.4, -0.2) is 53.3 Å². The summed E-state index contributed by atoms with van der Waals surface area (Å²) in [6.07, 6.45) is 6.14. The quantitative estimate of drug-likeness (QED) is 0.327. The number of hydrogen-bond acceptors (Lipinski definition) is 4. The van der Waals surface area contributed by atoms with Crippen molar-refractivity contribution in [1.29, 1.82) is 0 Å². The number of benzene rings is 2. The Morgan fingerprint density at radius 2 is 1.71 bits per heavy atom. The van der Waals surface area contributed by atoms with Crippen LogP contribution in [0.5, 0.6) is 0 Å². The van der Waals surface area contributed by atoms with E-state index < -0.39 is 18.2 Å². The maximum absolute atomic E-state index is 13.7. The molecule has 6 heteroatoms. The molecule has 6 nitrogen and oxygen atoms in total. The van der Waals surface area contributed by atoms with Gasteiger partial charge in [-0.3, -0.25) is 9.69 Å². The molecule has 0 saturated carbocycles. The lowest BCUT2D eigenvalue weighted by molar-refractivity contribution is -0.139. The molecule has 1 aliphatic rings. The zero-order valence-electron chi connectivity index (χ0n) is 20.1. The Morgan fingerprint density at radius 1 is 1.03 bits per heavy atom. The van der Waals surface area contributed by atoms with Gasteiger partial charge in [0.1, 0.15) is 18.9 Å². The van der Waals surface area contributed by atoms with Gasteiger partial charge in [0.05, 0.1) is 6.04 Å². The average Bonchev–Trinajstić information content (AvgIpc) is 3.36. The first-order valence-electron chi connectivity index (χ1n) is 12.4.